The zero-order chi connectivity index (χ0) is 14.8. The van der Waals surface area contributed by atoms with E-state index >= 15 is 0 Å². The van der Waals surface area contributed by atoms with Crippen molar-refractivity contribution in [3.63, 3.8) is 0 Å². The highest BCUT2D eigenvalue weighted by molar-refractivity contribution is 5.91. The van der Waals surface area contributed by atoms with Crippen LogP contribution in [-0.4, -0.2) is 48.1 Å². The second-order valence-electron chi connectivity index (χ2n) is 6.66. The standard InChI is InChI=1S/C15H26N2O3/c1-15(2)11(12(15)14(19)20)13(18)16-7-10-17-8-5-3-4-6-9-17/h11-12H,3-10H2,1-2H3,(H,16,18)(H,19,20). The van der Waals surface area contributed by atoms with Gasteiger partial charge in [-0.15, -0.1) is 0 Å². The molecule has 0 spiro atoms. The molecule has 2 rings (SSSR count). The van der Waals surface area contributed by atoms with E-state index in [0.29, 0.717) is 6.54 Å². The van der Waals surface area contributed by atoms with Crippen LogP contribution in [0.2, 0.25) is 0 Å². The Morgan fingerprint density at radius 1 is 1.15 bits per heavy atom. The van der Waals surface area contributed by atoms with Gasteiger partial charge in [0.15, 0.2) is 0 Å². The van der Waals surface area contributed by atoms with Gasteiger partial charge < -0.3 is 15.3 Å². The molecule has 114 valence electrons. The molecule has 2 atom stereocenters. The van der Waals surface area contributed by atoms with Crippen molar-refractivity contribution in [2.75, 3.05) is 26.2 Å². The van der Waals surface area contributed by atoms with Gasteiger partial charge in [-0.05, 0) is 31.3 Å². The van der Waals surface area contributed by atoms with E-state index in [9.17, 15) is 9.59 Å². The number of carbonyl (C=O) groups is 2. The van der Waals surface area contributed by atoms with Gasteiger partial charge in [0.1, 0.15) is 0 Å². The van der Waals surface area contributed by atoms with Gasteiger partial charge in [0.2, 0.25) is 5.91 Å². The molecule has 2 aliphatic rings. The molecule has 0 radical (unpaired) electrons. The zero-order valence-corrected chi connectivity index (χ0v) is 12.5. The number of carbonyl (C=O) groups excluding carboxylic acids is 1. The van der Waals surface area contributed by atoms with Crippen LogP contribution in [0.25, 0.3) is 0 Å². The fourth-order valence-corrected chi connectivity index (χ4v) is 3.39. The number of amides is 1. The summed E-state index contributed by atoms with van der Waals surface area (Å²) >= 11 is 0. The number of hydrogen-bond acceptors (Lipinski definition) is 3. The summed E-state index contributed by atoms with van der Waals surface area (Å²) < 4.78 is 0. The topological polar surface area (TPSA) is 69.6 Å². The smallest absolute Gasteiger partial charge is 0.307 e. The Bertz CT molecular complexity index is 373. The van der Waals surface area contributed by atoms with Gasteiger partial charge in [-0.1, -0.05) is 26.7 Å². The molecule has 1 aliphatic heterocycles. The van der Waals surface area contributed by atoms with Gasteiger partial charge in [0, 0.05) is 13.1 Å². The molecule has 0 bridgehead atoms. The maximum Gasteiger partial charge on any atom is 0.307 e. The van der Waals surface area contributed by atoms with Crippen molar-refractivity contribution in [3.8, 4) is 0 Å². The Labute approximate surface area is 120 Å². The first kappa shape index (κ1) is 15.3. The van der Waals surface area contributed by atoms with Gasteiger partial charge in [-0.25, -0.2) is 0 Å². The average molecular weight is 282 g/mol. The second-order valence-corrected chi connectivity index (χ2v) is 6.66. The van der Waals surface area contributed by atoms with Crippen LogP contribution < -0.4 is 5.32 Å². The van der Waals surface area contributed by atoms with Gasteiger partial charge in [0.05, 0.1) is 11.8 Å². The Morgan fingerprint density at radius 2 is 1.75 bits per heavy atom. The highest BCUT2D eigenvalue weighted by Crippen LogP contribution is 2.58. The Balaban J connectivity index is 1.72. The van der Waals surface area contributed by atoms with Crippen LogP contribution in [0.15, 0.2) is 0 Å². The molecule has 0 aromatic heterocycles. The molecule has 1 saturated heterocycles. The van der Waals surface area contributed by atoms with Crippen LogP contribution in [0.1, 0.15) is 39.5 Å². The van der Waals surface area contributed by atoms with Crippen molar-refractivity contribution >= 4 is 11.9 Å². The molecule has 0 aromatic carbocycles. The summed E-state index contributed by atoms with van der Waals surface area (Å²) in [4.78, 5) is 25.5. The van der Waals surface area contributed by atoms with Gasteiger partial charge in [-0.2, -0.15) is 0 Å². The summed E-state index contributed by atoms with van der Waals surface area (Å²) in [6.07, 6.45) is 5.09. The third kappa shape index (κ3) is 3.32. The van der Waals surface area contributed by atoms with Crippen molar-refractivity contribution in [2.45, 2.75) is 39.5 Å². The fourth-order valence-electron chi connectivity index (χ4n) is 3.39. The molecule has 1 aliphatic carbocycles. The van der Waals surface area contributed by atoms with Crippen molar-refractivity contribution in [2.24, 2.45) is 17.3 Å². The van der Waals surface area contributed by atoms with E-state index in [1.807, 2.05) is 13.8 Å². The lowest BCUT2D eigenvalue weighted by Gasteiger charge is -2.19. The molecule has 2 N–H and O–H groups in total. The zero-order valence-electron chi connectivity index (χ0n) is 12.5. The van der Waals surface area contributed by atoms with E-state index in [2.05, 4.69) is 10.2 Å². The van der Waals surface area contributed by atoms with Crippen molar-refractivity contribution in [1.82, 2.24) is 10.2 Å². The molecule has 1 saturated carbocycles. The van der Waals surface area contributed by atoms with E-state index in [1.165, 1.54) is 25.7 Å². The highest BCUT2D eigenvalue weighted by Gasteiger charge is 2.65. The lowest BCUT2D eigenvalue weighted by atomic mass is 10.1. The van der Waals surface area contributed by atoms with Gasteiger partial charge in [-0.3, -0.25) is 9.59 Å². The van der Waals surface area contributed by atoms with E-state index < -0.39 is 17.3 Å². The van der Waals surface area contributed by atoms with Crippen molar-refractivity contribution in [3.05, 3.63) is 0 Å². The molecule has 5 nitrogen and oxygen atoms in total. The second kappa shape index (κ2) is 6.12. The van der Waals surface area contributed by atoms with Gasteiger partial charge >= 0.3 is 5.97 Å². The van der Waals surface area contributed by atoms with Crippen LogP contribution >= 0.6 is 0 Å². The number of nitrogens with zero attached hydrogens (tertiary/aromatic N) is 1. The first-order valence-corrected chi connectivity index (χ1v) is 7.67. The van der Waals surface area contributed by atoms with E-state index in [4.69, 9.17) is 5.11 Å². The predicted molar refractivity (Wildman–Crippen MR) is 76.3 cm³/mol. The first-order chi connectivity index (χ1) is 9.44. The molecule has 2 fully saturated rings. The maximum absolute atomic E-state index is 12.1. The normalized spacial score (nSPS) is 29.5. The highest BCUT2D eigenvalue weighted by atomic mass is 16.4. The van der Waals surface area contributed by atoms with Crippen LogP contribution in [0.5, 0.6) is 0 Å². The summed E-state index contributed by atoms with van der Waals surface area (Å²) in [6, 6.07) is 0. The van der Waals surface area contributed by atoms with E-state index in [1.54, 1.807) is 0 Å². The summed E-state index contributed by atoms with van der Waals surface area (Å²) in [5, 5.41) is 12.0. The molecule has 20 heavy (non-hydrogen) atoms. The molecule has 1 amide bonds. The van der Waals surface area contributed by atoms with Crippen molar-refractivity contribution in [1.29, 1.82) is 0 Å². The molecular formula is C15H26N2O3. The lowest BCUT2D eigenvalue weighted by Crippen LogP contribution is -2.36. The number of carboxylic acid groups (broad SMARTS) is 1. The molecule has 1 heterocycles. The number of aliphatic carboxylic acids is 1. The van der Waals surface area contributed by atoms with Crippen LogP contribution in [0, 0.1) is 17.3 Å². The molecule has 2 unspecified atom stereocenters. The summed E-state index contributed by atoms with van der Waals surface area (Å²) in [6.45, 7) is 7.43. The quantitative estimate of drug-likeness (QED) is 0.798. The number of nitrogens with one attached hydrogen (secondary N) is 1. The molecule has 0 aromatic rings. The summed E-state index contributed by atoms with van der Waals surface area (Å²) in [7, 11) is 0. The monoisotopic (exact) mass is 282 g/mol. The van der Waals surface area contributed by atoms with E-state index in [0.717, 1.165) is 19.6 Å². The summed E-state index contributed by atoms with van der Waals surface area (Å²) in [5.74, 6) is -1.86. The minimum absolute atomic E-state index is 0.0998. The number of carboxylic acids is 1. The minimum atomic E-state index is -0.859. The number of hydrogen-bond donors (Lipinski definition) is 2. The Morgan fingerprint density at radius 3 is 2.25 bits per heavy atom. The van der Waals surface area contributed by atoms with Crippen LogP contribution in [0.4, 0.5) is 0 Å². The number of rotatable bonds is 5. The lowest BCUT2D eigenvalue weighted by molar-refractivity contribution is -0.140. The summed E-state index contributed by atoms with van der Waals surface area (Å²) in [5.41, 5.74) is -0.404. The average Bonchev–Trinajstić information content (AvgIpc) is 3.03. The molecular weight excluding hydrogens is 256 g/mol. The van der Waals surface area contributed by atoms with Crippen LogP contribution in [0.3, 0.4) is 0 Å². The SMILES string of the molecule is CC1(C)C(C(=O)O)C1C(=O)NCCN1CCCCCC1. The molecule has 5 heteroatoms. The third-order valence-electron chi connectivity index (χ3n) is 4.80. The first-order valence-electron chi connectivity index (χ1n) is 7.67. The van der Waals surface area contributed by atoms with Gasteiger partial charge in [0.25, 0.3) is 0 Å². The predicted octanol–water partition coefficient (Wildman–Crippen LogP) is 1.34. The third-order valence-corrected chi connectivity index (χ3v) is 4.80. The number of likely N-dealkylation sites (tertiary alicyclic amines) is 1. The largest absolute Gasteiger partial charge is 0.481 e. The maximum atomic E-state index is 12.1. The van der Waals surface area contributed by atoms with E-state index in [-0.39, 0.29) is 11.8 Å². The fraction of sp³-hybridized carbons (Fsp3) is 0.867. The Hall–Kier alpha value is -1.10. The minimum Gasteiger partial charge on any atom is -0.481 e. The Kier molecular flexibility index (Phi) is 4.68. The van der Waals surface area contributed by atoms with Crippen LogP contribution in [-0.2, 0) is 9.59 Å². The van der Waals surface area contributed by atoms with Crippen molar-refractivity contribution < 1.29 is 14.7 Å².